The molecule has 0 aliphatic carbocycles. The number of amides is 1. The van der Waals surface area contributed by atoms with Crippen LogP contribution in [0, 0.1) is 5.92 Å². The average Bonchev–Trinajstić information content (AvgIpc) is 2.31. The number of nitrogens with two attached hydrogens (primary N) is 1. The molecule has 1 rings (SSSR count). The summed E-state index contributed by atoms with van der Waals surface area (Å²) in [6, 6.07) is 5.12. The number of carbonyl (C=O) groups excluding carboxylic acids is 1. The summed E-state index contributed by atoms with van der Waals surface area (Å²) < 4.78 is 1.75. The van der Waals surface area contributed by atoms with Gasteiger partial charge in [-0.25, -0.2) is 0 Å². The van der Waals surface area contributed by atoms with Crippen molar-refractivity contribution in [1.82, 2.24) is 0 Å². The van der Waals surface area contributed by atoms with Crippen molar-refractivity contribution in [1.29, 1.82) is 0 Å². The number of halogens is 2. The Morgan fingerprint density at radius 1 is 1.47 bits per heavy atom. The van der Waals surface area contributed by atoms with Crippen LogP contribution in [0.15, 0.2) is 27.1 Å². The average molecular weight is 364 g/mol. The Bertz CT molecular complexity index is 409. The van der Waals surface area contributed by atoms with Gasteiger partial charge in [0, 0.05) is 8.95 Å². The highest BCUT2D eigenvalue weighted by Gasteiger charge is 2.20. The standard InChI is InChI=1S/C12H16Br2N2O/c1-3-7(2)11(15)12(17)16-10-6-8(13)4-5-9(10)14/h4-7,11H,3,15H2,1-2H3,(H,16,17)/t7?,11-/m0/s1. The predicted molar refractivity (Wildman–Crippen MR) is 77.9 cm³/mol. The van der Waals surface area contributed by atoms with E-state index in [0.717, 1.165) is 21.1 Å². The van der Waals surface area contributed by atoms with E-state index in [0.29, 0.717) is 0 Å². The number of hydrogen-bond donors (Lipinski definition) is 2. The molecule has 1 amide bonds. The van der Waals surface area contributed by atoms with Gasteiger partial charge in [-0.3, -0.25) is 4.79 Å². The second-order valence-electron chi connectivity index (χ2n) is 4.02. The molecule has 17 heavy (non-hydrogen) atoms. The van der Waals surface area contributed by atoms with Crippen LogP contribution in [0.5, 0.6) is 0 Å². The summed E-state index contributed by atoms with van der Waals surface area (Å²) in [7, 11) is 0. The highest BCUT2D eigenvalue weighted by atomic mass is 79.9. The molecule has 0 fully saturated rings. The molecule has 0 radical (unpaired) electrons. The zero-order chi connectivity index (χ0) is 13.0. The van der Waals surface area contributed by atoms with Crippen LogP contribution >= 0.6 is 31.9 Å². The number of carbonyl (C=O) groups is 1. The van der Waals surface area contributed by atoms with E-state index in [1.165, 1.54) is 0 Å². The van der Waals surface area contributed by atoms with Gasteiger partial charge in [0.05, 0.1) is 11.7 Å². The second-order valence-corrected chi connectivity index (χ2v) is 5.79. The SMILES string of the molecule is CCC(C)[C@H](N)C(=O)Nc1cc(Br)ccc1Br. The Kier molecular flexibility index (Phi) is 5.62. The van der Waals surface area contributed by atoms with Crippen molar-refractivity contribution in [3.05, 3.63) is 27.1 Å². The van der Waals surface area contributed by atoms with Crippen LogP contribution in [-0.2, 0) is 4.79 Å². The van der Waals surface area contributed by atoms with Gasteiger partial charge >= 0.3 is 0 Å². The lowest BCUT2D eigenvalue weighted by atomic mass is 9.99. The van der Waals surface area contributed by atoms with Gasteiger partial charge < -0.3 is 11.1 Å². The van der Waals surface area contributed by atoms with Crippen LogP contribution in [0.2, 0.25) is 0 Å². The molecule has 0 aliphatic heterocycles. The van der Waals surface area contributed by atoms with E-state index in [2.05, 4.69) is 37.2 Å². The monoisotopic (exact) mass is 362 g/mol. The van der Waals surface area contributed by atoms with Gasteiger partial charge in [0.15, 0.2) is 0 Å². The molecule has 0 spiro atoms. The first-order valence-corrected chi connectivity index (χ1v) is 7.05. The third-order valence-corrected chi connectivity index (χ3v) is 3.93. The Hall–Kier alpha value is -0.390. The second kappa shape index (κ2) is 6.52. The summed E-state index contributed by atoms with van der Waals surface area (Å²) >= 11 is 6.75. The van der Waals surface area contributed by atoms with Crippen LogP contribution in [0.3, 0.4) is 0 Å². The molecule has 0 saturated heterocycles. The molecule has 0 saturated carbocycles. The highest BCUT2D eigenvalue weighted by molar-refractivity contribution is 9.11. The molecule has 5 heteroatoms. The molecule has 0 bridgehead atoms. The lowest BCUT2D eigenvalue weighted by Gasteiger charge is -2.18. The molecule has 2 atom stereocenters. The van der Waals surface area contributed by atoms with Crippen molar-refractivity contribution >= 4 is 43.5 Å². The van der Waals surface area contributed by atoms with E-state index in [1.54, 1.807) is 0 Å². The zero-order valence-corrected chi connectivity index (χ0v) is 13.0. The summed E-state index contributed by atoms with van der Waals surface area (Å²) in [6.45, 7) is 3.99. The summed E-state index contributed by atoms with van der Waals surface area (Å²) in [5, 5.41) is 2.83. The number of rotatable bonds is 4. The molecule has 3 N–H and O–H groups in total. The smallest absolute Gasteiger partial charge is 0.241 e. The van der Waals surface area contributed by atoms with E-state index >= 15 is 0 Å². The molecule has 1 unspecified atom stereocenters. The van der Waals surface area contributed by atoms with Crippen LogP contribution in [0.1, 0.15) is 20.3 Å². The van der Waals surface area contributed by atoms with Crippen molar-refractivity contribution in [2.24, 2.45) is 11.7 Å². The maximum absolute atomic E-state index is 11.9. The van der Waals surface area contributed by atoms with E-state index in [9.17, 15) is 4.79 Å². The van der Waals surface area contributed by atoms with E-state index < -0.39 is 6.04 Å². The first-order valence-electron chi connectivity index (χ1n) is 5.47. The van der Waals surface area contributed by atoms with Crippen molar-refractivity contribution in [3.63, 3.8) is 0 Å². The van der Waals surface area contributed by atoms with E-state index in [4.69, 9.17) is 5.73 Å². The summed E-state index contributed by atoms with van der Waals surface area (Å²) in [6.07, 6.45) is 0.883. The van der Waals surface area contributed by atoms with Crippen LogP contribution in [0.25, 0.3) is 0 Å². The minimum absolute atomic E-state index is 0.154. The lowest BCUT2D eigenvalue weighted by molar-refractivity contribution is -0.118. The first-order chi connectivity index (χ1) is 7.95. The third-order valence-electron chi connectivity index (χ3n) is 2.75. The lowest BCUT2D eigenvalue weighted by Crippen LogP contribution is -2.40. The van der Waals surface area contributed by atoms with Crippen molar-refractivity contribution < 1.29 is 4.79 Å². The Morgan fingerprint density at radius 3 is 2.71 bits per heavy atom. The molecule has 0 aliphatic rings. The molecule has 1 aromatic rings. The predicted octanol–water partition coefficient (Wildman–Crippen LogP) is 3.52. The Labute approximate surface area is 118 Å². The molecule has 3 nitrogen and oxygen atoms in total. The summed E-state index contributed by atoms with van der Waals surface area (Å²) in [5.74, 6) is 0.0130. The molecule has 0 heterocycles. The topological polar surface area (TPSA) is 55.1 Å². The minimum atomic E-state index is -0.481. The number of hydrogen-bond acceptors (Lipinski definition) is 2. The largest absolute Gasteiger partial charge is 0.324 e. The van der Waals surface area contributed by atoms with Gasteiger partial charge in [-0.2, -0.15) is 0 Å². The van der Waals surface area contributed by atoms with Crippen molar-refractivity contribution in [2.45, 2.75) is 26.3 Å². The summed E-state index contributed by atoms with van der Waals surface area (Å²) in [4.78, 5) is 11.9. The van der Waals surface area contributed by atoms with Crippen molar-refractivity contribution in [2.75, 3.05) is 5.32 Å². The Balaban J connectivity index is 2.77. The minimum Gasteiger partial charge on any atom is -0.324 e. The maximum atomic E-state index is 11.9. The molecule has 94 valence electrons. The first kappa shape index (κ1) is 14.7. The number of anilines is 1. The quantitative estimate of drug-likeness (QED) is 0.859. The fourth-order valence-electron chi connectivity index (χ4n) is 1.32. The summed E-state index contributed by atoms with van der Waals surface area (Å²) in [5.41, 5.74) is 6.59. The fourth-order valence-corrected chi connectivity index (χ4v) is 2.03. The number of benzene rings is 1. The third kappa shape index (κ3) is 4.08. The van der Waals surface area contributed by atoms with E-state index in [-0.39, 0.29) is 11.8 Å². The van der Waals surface area contributed by atoms with Gasteiger partial charge in [-0.15, -0.1) is 0 Å². The fraction of sp³-hybridized carbons (Fsp3) is 0.417. The van der Waals surface area contributed by atoms with Crippen LogP contribution in [-0.4, -0.2) is 11.9 Å². The molecular formula is C12H16Br2N2O. The van der Waals surface area contributed by atoms with Gasteiger partial charge in [0.2, 0.25) is 5.91 Å². The van der Waals surface area contributed by atoms with Crippen LogP contribution < -0.4 is 11.1 Å². The van der Waals surface area contributed by atoms with Gasteiger partial charge in [-0.1, -0.05) is 36.2 Å². The maximum Gasteiger partial charge on any atom is 0.241 e. The Morgan fingerprint density at radius 2 is 2.12 bits per heavy atom. The molecular weight excluding hydrogens is 348 g/mol. The molecule has 1 aromatic carbocycles. The zero-order valence-electron chi connectivity index (χ0n) is 9.84. The highest BCUT2D eigenvalue weighted by Crippen LogP contribution is 2.26. The number of nitrogens with one attached hydrogen (secondary N) is 1. The van der Waals surface area contributed by atoms with E-state index in [1.807, 2.05) is 32.0 Å². The molecule has 0 aromatic heterocycles. The van der Waals surface area contributed by atoms with Gasteiger partial charge in [0.1, 0.15) is 0 Å². The normalized spacial score (nSPS) is 14.2. The van der Waals surface area contributed by atoms with Gasteiger partial charge in [-0.05, 0) is 40.0 Å². The van der Waals surface area contributed by atoms with Crippen molar-refractivity contribution in [3.8, 4) is 0 Å². The van der Waals surface area contributed by atoms with Gasteiger partial charge in [0.25, 0.3) is 0 Å². The van der Waals surface area contributed by atoms with Crippen LogP contribution in [0.4, 0.5) is 5.69 Å².